The first-order valence-corrected chi connectivity index (χ1v) is 7.51. The second kappa shape index (κ2) is 11.0. The van der Waals surface area contributed by atoms with Crippen molar-refractivity contribution in [2.45, 2.75) is 31.5 Å². The van der Waals surface area contributed by atoms with Crippen molar-refractivity contribution in [3.63, 3.8) is 0 Å². The number of rotatable bonds is 10. The maximum atomic E-state index is 9.04. The molecule has 0 aliphatic rings. The number of aliphatic hydroxyl groups is 4. The summed E-state index contributed by atoms with van der Waals surface area (Å²) in [5.74, 6) is 1.50. The van der Waals surface area contributed by atoms with Crippen LogP contribution in [0.15, 0.2) is 0 Å². The molecule has 0 amide bonds. The molecule has 2 atom stereocenters. The van der Waals surface area contributed by atoms with Crippen LogP contribution in [0.4, 0.5) is 0 Å². The zero-order chi connectivity index (χ0) is 11.5. The highest BCUT2D eigenvalue weighted by Gasteiger charge is 2.03. The summed E-state index contributed by atoms with van der Waals surface area (Å²) in [7, 11) is 3.20. The summed E-state index contributed by atoms with van der Waals surface area (Å²) >= 11 is 0. The van der Waals surface area contributed by atoms with Crippen LogP contribution in [0.1, 0.15) is 19.3 Å². The van der Waals surface area contributed by atoms with Crippen molar-refractivity contribution in [3.05, 3.63) is 0 Å². The lowest BCUT2D eigenvalue weighted by molar-refractivity contribution is 0.0865. The molecule has 0 saturated heterocycles. The molecule has 0 aliphatic carbocycles. The Kier molecular flexibility index (Phi) is 11.4. The normalized spacial score (nSPS) is 15.2. The Balaban J connectivity index is 3.05. The van der Waals surface area contributed by atoms with Gasteiger partial charge in [-0.05, 0) is 19.3 Å². The monoisotopic (exact) mass is 256 g/mol. The molecule has 0 spiro atoms. The predicted molar refractivity (Wildman–Crippen MR) is 65.0 cm³/mol. The maximum absolute atomic E-state index is 9.04. The molecule has 15 heavy (non-hydrogen) atoms. The van der Waals surface area contributed by atoms with Crippen molar-refractivity contribution < 1.29 is 20.4 Å². The first kappa shape index (κ1) is 15.5. The smallest absolute Gasteiger partial charge is 0.0869 e. The van der Waals surface area contributed by atoms with Gasteiger partial charge in [-0.1, -0.05) is 21.6 Å². The van der Waals surface area contributed by atoms with Crippen molar-refractivity contribution in [2.75, 3.05) is 24.7 Å². The second-order valence-corrected chi connectivity index (χ2v) is 5.90. The average molecular weight is 256 g/mol. The number of unbranched alkanes of at least 4 members (excludes halogenated alkanes) is 1. The lowest BCUT2D eigenvalue weighted by atomic mass is 10.2. The van der Waals surface area contributed by atoms with Crippen LogP contribution in [0, 0.1) is 0 Å². The maximum Gasteiger partial charge on any atom is 0.0869 e. The largest absolute Gasteiger partial charge is 0.394 e. The van der Waals surface area contributed by atoms with E-state index in [2.05, 4.69) is 0 Å². The summed E-state index contributed by atoms with van der Waals surface area (Å²) in [6.07, 6.45) is 1.32. The molecule has 0 radical (unpaired) electrons. The van der Waals surface area contributed by atoms with Crippen molar-refractivity contribution in [2.24, 2.45) is 0 Å². The SMILES string of the molecule is OCC(O)CCCCSSCC(O)CO. The quantitative estimate of drug-likeness (QED) is 0.331. The lowest BCUT2D eigenvalue weighted by Crippen LogP contribution is -2.14. The molecule has 2 unspecified atom stereocenters. The van der Waals surface area contributed by atoms with Gasteiger partial charge in [0, 0.05) is 11.5 Å². The van der Waals surface area contributed by atoms with Crippen LogP contribution in [0.25, 0.3) is 0 Å². The van der Waals surface area contributed by atoms with E-state index in [-0.39, 0.29) is 13.2 Å². The van der Waals surface area contributed by atoms with Gasteiger partial charge in [-0.15, -0.1) is 0 Å². The van der Waals surface area contributed by atoms with E-state index < -0.39 is 12.2 Å². The molecule has 6 heteroatoms. The Morgan fingerprint density at radius 2 is 1.53 bits per heavy atom. The molecule has 0 aliphatic heterocycles. The molecule has 0 fully saturated rings. The molecule has 92 valence electrons. The summed E-state index contributed by atoms with van der Waals surface area (Å²) in [4.78, 5) is 0. The van der Waals surface area contributed by atoms with Gasteiger partial charge < -0.3 is 20.4 Å². The fraction of sp³-hybridized carbons (Fsp3) is 1.00. The highest BCUT2D eigenvalue weighted by atomic mass is 33.1. The van der Waals surface area contributed by atoms with Gasteiger partial charge >= 0.3 is 0 Å². The topological polar surface area (TPSA) is 80.9 Å². The van der Waals surface area contributed by atoms with Gasteiger partial charge in [0.05, 0.1) is 25.4 Å². The van der Waals surface area contributed by atoms with Crippen molar-refractivity contribution in [1.29, 1.82) is 0 Å². The number of hydrogen-bond donors (Lipinski definition) is 4. The van der Waals surface area contributed by atoms with Crippen LogP contribution in [0.3, 0.4) is 0 Å². The van der Waals surface area contributed by atoms with E-state index in [1.165, 1.54) is 0 Å². The minimum atomic E-state index is -0.626. The molecule has 0 aromatic heterocycles. The fourth-order valence-electron chi connectivity index (χ4n) is 0.871. The lowest BCUT2D eigenvalue weighted by Gasteiger charge is -2.07. The highest BCUT2D eigenvalue weighted by molar-refractivity contribution is 8.76. The van der Waals surface area contributed by atoms with Gasteiger partial charge in [-0.3, -0.25) is 0 Å². The molecule has 0 saturated carbocycles. The highest BCUT2D eigenvalue weighted by Crippen LogP contribution is 2.23. The van der Waals surface area contributed by atoms with Crippen molar-refractivity contribution in [1.82, 2.24) is 0 Å². The van der Waals surface area contributed by atoms with E-state index >= 15 is 0 Å². The van der Waals surface area contributed by atoms with E-state index in [4.69, 9.17) is 20.4 Å². The molecular formula is C9H20O4S2. The van der Waals surface area contributed by atoms with Crippen LogP contribution >= 0.6 is 21.6 Å². The molecule has 0 heterocycles. The molecule has 4 nitrogen and oxygen atoms in total. The minimum Gasteiger partial charge on any atom is -0.394 e. The standard InChI is InChI=1S/C9H20O4S2/c10-5-8(12)3-1-2-4-14-15-7-9(13)6-11/h8-13H,1-7H2. The Labute approximate surface area is 98.5 Å². The Morgan fingerprint density at radius 1 is 0.867 bits per heavy atom. The van der Waals surface area contributed by atoms with E-state index in [9.17, 15) is 0 Å². The first-order valence-electron chi connectivity index (χ1n) is 5.03. The molecule has 0 aromatic carbocycles. The Hall–Kier alpha value is 0.540. The Morgan fingerprint density at radius 3 is 2.13 bits per heavy atom. The van der Waals surface area contributed by atoms with Gasteiger partial charge in [0.1, 0.15) is 0 Å². The molecule has 4 N–H and O–H groups in total. The van der Waals surface area contributed by atoms with Crippen LogP contribution in [0.2, 0.25) is 0 Å². The van der Waals surface area contributed by atoms with Crippen molar-refractivity contribution in [3.8, 4) is 0 Å². The van der Waals surface area contributed by atoms with Crippen LogP contribution in [-0.4, -0.2) is 57.4 Å². The summed E-state index contributed by atoms with van der Waals surface area (Å²) in [5.41, 5.74) is 0. The molecule has 0 bridgehead atoms. The predicted octanol–water partition coefficient (Wildman–Crippen LogP) is 0.244. The van der Waals surface area contributed by atoms with E-state index in [1.807, 2.05) is 0 Å². The third-order valence-corrected chi connectivity index (χ3v) is 4.33. The average Bonchev–Trinajstić information content (AvgIpc) is 2.26. The number of hydrogen-bond acceptors (Lipinski definition) is 6. The Bertz CT molecular complexity index is 123. The van der Waals surface area contributed by atoms with E-state index in [0.29, 0.717) is 12.2 Å². The zero-order valence-corrected chi connectivity index (χ0v) is 10.3. The van der Waals surface area contributed by atoms with Gasteiger partial charge in [0.15, 0.2) is 0 Å². The third-order valence-electron chi connectivity index (χ3n) is 1.78. The van der Waals surface area contributed by atoms with Crippen LogP contribution in [0.5, 0.6) is 0 Å². The second-order valence-electron chi connectivity index (χ2n) is 3.28. The van der Waals surface area contributed by atoms with Gasteiger partial charge in [-0.25, -0.2) is 0 Å². The van der Waals surface area contributed by atoms with E-state index in [1.54, 1.807) is 21.6 Å². The molecular weight excluding hydrogens is 236 g/mol. The first-order chi connectivity index (χ1) is 7.20. The summed E-state index contributed by atoms with van der Waals surface area (Å²) in [6.45, 7) is -0.346. The number of aliphatic hydroxyl groups excluding tert-OH is 4. The minimum absolute atomic E-state index is 0.162. The summed E-state index contributed by atoms with van der Waals surface area (Å²) in [6, 6.07) is 0. The summed E-state index contributed by atoms with van der Waals surface area (Å²) in [5, 5.41) is 35.2. The fourth-order valence-corrected chi connectivity index (χ4v) is 3.14. The molecule has 0 rings (SSSR count). The van der Waals surface area contributed by atoms with Crippen LogP contribution < -0.4 is 0 Å². The van der Waals surface area contributed by atoms with Gasteiger partial charge in [0.25, 0.3) is 0 Å². The van der Waals surface area contributed by atoms with Crippen molar-refractivity contribution >= 4 is 21.6 Å². The molecule has 0 aromatic rings. The van der Waals surface area contributed by atoms with E-state index in [0.717, 1.165) is 18.6 Å². The third kappa shape index (κ3) is 10.8. The van der Waals surface area contributed by atoms with Gasteiger partial charge in [0.2, 0.25) is 0 Å². The zero-order valence-electron chi connectivity index (χ0n) is 8.71. The summed E-state index contributed by atoms with van der Waals surface area (Å²) < 4.78 is 0. The van der Waals surface area contributed by atoms with Gasteiger partial charge in [-0.2, -0.15) is 0 Å². The van der Waals surface area contributed by atoms with Crippen LogP contribution in [-0.2, 0) is 0 Å².